The van der Waals surface area contributed by atoms with Crippen LogP contribution < -0.4 is 5.73 Å². The van der Waals surface area contributed by atoms with Gasteiger partial charge in [-0.3, -0.25) is 4.79 Å². The smallest absolute Gasteiger partial charge is 0.226 e. The van der Waals surface area contributed by atoms with Crippen molar-refractivity contribution in [1.82, 2.24) is 9.80 Å². The lowest BCUT2D eigenvalue weighted by molar-refractivity contribution is -0.135. The van der Waals surface area contributed by atoms with Crippen molar-refractivity contribution < 1.29 is 4.79 Å². The average molecular weight is 289 g/mol. The minimum Gasteiger partial charge on any atom is -0.399 e. The molecule has 0 bridgehead atoms. The van der Waals surface area contributed by atoms with Gasteiger partial charge in [-0.1, -0.05) is 18.2 Å². The number of benzene rings is 1. The maximum atomic E-state index is 12.1. The van der Waals surface area contributed by atoms with E-state index >= 15 is 0 Å². The van der Waals surface area contributed by atoms with E-state index in [1.165, 1.54) is 5.56 Å². The molecule has 0 spiro atoms. The van der Waals surface area contributed by atoms with Crippen LogP contribution in [0.2, 0.25) is 0 Å². The van der Waals surface area contributed by atoms with Gasteiger partial charge in [0.1, 0.15) is 0 Å². The van der Waals surface area contributed by atoms with Gasteiger partial charge in [-0.2, -0.15) is 0 Å². The Bertz CT molecular complexity index is 487. The zero-order valence-corrected chi connectivity index (χ0v) is 13.4. The Morgan fingerprint density at radius 2 is 2.05 bits per heavy atom. The van der Waals surface area contributed by atoms with Gasteiger partial charge in [0.2, 0.25) is 5.91 Å². The highest BCUT2D eigenvalue weighted by Gasteiger charge is 2.30. The Morgan fingerprint density at radius 3 is 2.67 bits per heavy atom. The first-order chi connectivity index (χ1) is 9.99. The molecule has 1 aliphatic heterocycles. The van der Waals surface area contributed by atoms with Crippen LogP contribution in [0.1, 0.15) is 24.8 Å². The largest absolute Gasteiger partial charge is 0.399 e. The fourth-order valence-electron chi connectivity index (χ4n) is 3.22. The van der Waals surface area contributed by atoms with Crippen LogP contribution in [-0.4, -0.2) is 49.4 Å². The molecule has 1 saturated heterocycles. The third-order valence-corrected chi connectivity index (χ3v) is 4.57. The monoisotopic (exact) mass is 289 g/mol. The Balaban J connectivity index is 1.87. The molecule has 1 aromatic carbocycles. The Labute approximate surface area is 127 Å². The fraction of sp³-hybridized carbons (Fsp3) is 0.588. The second-order valence-electron chi connectivity index (χ2n) is 6.34. The van der Waals surface area contributed by atoms with Gasteiger partial charge >= 0.3 is 0 Å². The van der Waals surface area contributed by atoms with E-state index in [1.54, 1.807) is 4.90 Å². The van der Waals surface area contributed by atoms with Crippen LogP contribution in [0.25, 0.3) is 0 Å². The van der Waals surface area contributed by atoms with Gasteiger partial charge in [0.15, 0.2) is 0 Å². The molecule has 1 amide bonds. The van der Waals surface area contributed by atoms with Gasteiger partial charge in [-0.15, -0.1) is 0 Å². The number of likely N-dealkylation sites (tertiary alicyclic amines) is 1. The number of aryl methyl sites for hydroxylation is 1. The molecular formula is C17H27N3O. The summed E-state index contributed by atoms with van der Waals surface area (Å²) in [6.07, 6.45) is 4.20. The van der Waals surface area contributed by atoms with Crippen LogP contribution in [0.4, 0.5) is 5.69 Å². The van der Waals surface area contributed by atoms with E-state index in [9.17, 15) is 4.79 Å². The van der Waals surface area contributed by atoms with Crippen molar-refractivity contribution in [2.45, 2.75) is 31.7 Å². The summed E-state index contributed by atoms with van der Waals surface area (Å²) >= 11 is 0. The second kappa shape index (κ2) is 6.94. The van der Waals surface area contributed by atoms with Gasteiger partial charge in [0.25, 0.3) is 0 Å². The summed E-state index contributed by atoms with van der Waals surface area (Å²) in [6, 6.07) is 8.64. The number of para-hydroxylation sites is 1. The topological polar surface area (TPSA) is 49.6 Å². The summed E-state index contributed by atoms with van der Waals surface area (Å²) in [5, 5.41) is 0. The van der Waals surface area contributed by atoms with E-state index in [4.69, 9.17) is 5.73 Å². The molecule has 4 nitrogen and oxygen atoms in total. The molecule has 0 radical (unpaired) electrons. The first-order valence-corrected chi connectivity index (χ1v) is 7.74. The number of rotatable bonds is 4. The number of anilines is 1. The van der Waals surface area contributed by atoms with Crippen LogP contribution in [0.15, 0.2) is 24.3 Å². The fourth-order valence-corrected chi connectivity index (χ4v) is 3.22. The molecule has 4 heteroatoms. The molecule has 2 atom stereocenters. The van der Waals surface area contributed by atoms with Crippen LogP contribution in [0, 0.1) is 5.92 Å². The predicted octanol–water partition coefficient (Wildman–Crippen LogP) is 2.00. The van der Waals surface area contributed by atoms with Crippen LogP contribution in [0.5, 0.6) is 0 Å². The van der Waals surface area contributed by atoms with Gasteiger partial charge in [-0.05, 0) is 44.4 Å². The van der Waals surface area contributed by atoms with Crippen molar-refractivity contribution in [2.75, 3.05) is 33.4 Å². The molecule has 0 aliphatic carbocycles. The lowest BCUT2D eigenvalue weighted by Gasteiger charge is -2.37. The van der Waals surface area contributed by atoms with Crippen molar-refractivity contribution in [1.29, 1.82) is 0 Å². The predicted molar refractivity (Wildman–Crippen MR) is 87.0 cm³/mol. The van der Waals surface area contributed by atoms with E-state index in [2.05, 4.69) is 18.0 Å². The summed E-state index contributed by atoms with van der Waals surface area (Å²) < 4.78 is 0. The molecule has 0 saturated carbocycles. The maximum Gasteiger partial charge on any atom is 0.226 e. The van der Waals surface area contributed by atoms with Crippen molar-refractivity contribution in [3.8, 4) is 0 Å². The quantitative estimate of drug-likeness (QED) is 0.863. The van der Waals surface area contributed by atoms with E-state index in [0.29, 0.717) is 6.04 Å². The van der Waals surface area contributed by atoms with Crippen molar-refractivity contribution in [3.05, 3.63) is 29.8 Å². The van der Waals surface area contributed by atoms with E-state index in [1.807, 2.05) is 32.3 Å². The van der Waals surface area contributed by atoms with Gasteiger partial charge in [-0.25, -0.2) is 0 Å². The number of nitrogens with zero attached hydrogens (tertiary/aromatic N) is 2. The SMILES string of the molecule is CN(C)C(=O)C1CCC(CCc2ccccc2N)N(C)C1. The Hall–Kier alpha value is -1.55. The highest BCUT2D eigenvalue weighted by Crippen LogP contribution is 2.25. The van der Waals surface area contributed by atoms with Crippen LogP contribution >= 0.6 is 0 Å². The van der Waals surface area contributed by atoms with Crippen LogP contribution in [0.3, 0.4) is 0 Å². The van der Waals surface area contributed by atoms with Gasteiger partial charge in [0.05, 0.1) is 5.92 Å². The highest BCUT2D eigenvalue weighted by atomic mass is 16.2. The van der Waals surface area contributed by atoms with Gasteiger partial charge in [0, 0.05) is 32.4 Å². The third-order valence-electron chi connectivity index (χ3n) is 4.57. The Kier molecular flexibility index (Phi) is 5.23. The molecule has 2 unspecified atom stereocenters. The summed E-state index contributed by atoms with van der Waals surface area (Å²) in [5.41, 5.74) is 8.12. The first kappa shape index (κ1) is 15.8. The first-order valence-electron chi connectivity index (χ1n) is 7.74. The average Bonchev–Trinajstić information content (AvgIpc) is 2.46. The second-order valence-corrected chi connectivity index (χ2v) is 6.34. The number of amides is 1. The number of carbonyl (C=O) groups excluding carboxylic acids is 1. The van der Waals surface area contributed by atoms with Crippen molar-refractivity contribution in [3.63, 3.8) is 0 Å². The number of carbonyl (C=O) groups is 1. The lowest BCUT2D eigenvalue weighted by Crippen LogP contribution is -2.45. The maximum absolute atomic E-state index is 12.1. The Morgan fingerprint density at radius 1 is 1.33 bits per heavy atom. The number of piperidine rings is 1. The molecule has 0 aromatic heterocycles. The molecule has 2 rings (SSSR count). The number of nitrogen functional groups attached to an aromatic ring is 1. The third kappa shape index (κ3) is 3.97. The van der Waals surface area contributed by atoms with Crippen molar-refractivity contribution >= 4 is 11.6 Å². The minimum atomic E-state index is 0.156. The zero-order chi connectivity index (χ0) is 15.4. The van der Waals surface area contributed by atoms with Gasteiger partial charge < -0.3 is 15.5 Å². The molecule has 1 heterocycles. The lowest BCUT2D eigenvalue weighted by atomic mass is 9.89. The van der Waals surface area contributed by atoms with Crippen molar-refractivity contribution in [2.24, 2.45) is 5.92 Å². The molecule has 2 N–H and O–H groups in total. The van der Waals surface area contributed by atoms with Crippen LogP contribution in [-0.2, 0) is 11.2 Å². The molecule has 116 valence electrons. The molecule has 1 aliphatic rings. The molecular weight excluding hydrogens is 262 g/mol. The summed E-state index contributed by atoms with van der Waals surface area (Å²) in [6.45, 7) is 0.867. The van der Waals surface area contributed by atoms with E-state index in [-0.39, 0.29) is 11.8 Å². The van der Waals surface area contributed by atoms with E-state index < -0.39 is 0 Å². The standard InChI is InChI=1S/C17H27N3O/c1-19(2)17(21)14-9-11-15(20(3)12-14)10-8-13-6-4-5-7-16(13)18/h4-7,14-15H,8-12,18H2,1-3H3. The molecule has 21 heavy (non-hydrogen) atoms. The van der Waals surface area contributed by atoms with E-state index in [0.717, 1.165) is 37.9 Å². The number of nitrogens with two attached hydrogens (primary N) is 1. The zero-order valence-electron chi connectivity index (χ0n) is 13.4. The highest BCUT2D eigenvalue weighted by molar-refractivity contribution is 5.78. The summed E-state index contributed by atoms with van der Waals surface area (Å²) in [5.74, 6) is 0.413. The number of hydrogen-bond donors (Lipinski definition) is 1. The minimum absolute atomic E-state index is 0.156. The number of hydrogen-bond acceptors (Lipinski definition) is 3. The summed E-state index contributed by atoms with van der Waals surface area (Å²) in [7, 11) is 5.81. The summed E-state index contributed by atoms with van der Waals surface area (Å²) in [4.78, 5) is 16.1. The normalized spacial score (nSPS) is 23.0. The molecule has 1 fully saturated rings. The molecule has 1 aromatic rings.